The Morgan fingerprint density at radius 1 is 1.00 bits per heavy atom. The Balaban J connectivity index is 1.69. The van der Waals surface area contributed by atoms with Crippen LogP contribution in [0.4, 0.5) is 0 Å². The molecule has 4 rings (SSSR count). The smallest absolute Gasteiger partial charge is 0.335 e. The van der Waals surface area contributed by atoms with Gasteiger partial charge in [-0.25, -0.2) is 9.78 Å². The van der Waals surface area contributed by atoms with Gasteiger partial charge in [0.15, 0.2) is 0 Å². The average molecular weight is 323 g/mol. The van der Waals surface area contributed by atoms with E-state index >= 15 is 0 Å². The van der Waals surface area contributed by atoms with Crippen molar-refractivity contribution < 1.29 is 14.3 Å². The van der Waals surface area contributed by atoms with E-state index in [1.807, 2.05) is 18.2 Å². The lowest BCUT2D eigenvalue weighted by Crippen LogP contribution is -1.94. The van der Waals surface area contributed by atoms with Crippen LogP contribution >= 0.6 is 11.3 Å². The first kappa shape index (κ1) is 13.6. The second kappa shape index (κ2) is 5.29. The molecule has 0 fully saturated rings. The molecule has 0 atom stereocenters. The molecule has 0 saturated heterocycles. The molecule has 0 bridgehead atoms. The lowest BCUT2D eigenvalue weighted by Gasteiger charge is -1.97. The number of benzene rings is 2. The molecule has 4 aromatic rings. The molecule has 0 radical (unpaired) electrons. The van der Waals surface area contributed by atoms with Crippen LogP contribution in [-0.2, 0) is 0 Å². The van der Waals surface area contributed by atoms with E-state index in [2.05, 4.69) is 15.2 Å². The summed E-state index contributed by atoms with van der Waals surface area (Å²) in [6.07, 6.45) is 0. The van der Waals surface area contributed by atoms with Crippen LogP contribution < -0.4 is 0 Å². The van der Waals surface area contributed by atoms with Crippen LogP contribution in [0.3, 0.4) is 0 Å². The van der Waals surface area contributed by atoms with Crippen LogP contribution in [-0.4, -0.2) is 26.3 Å². The Morgan fingerprint density at radius 2 is 1.70 bits per heavy atom. The molecule has 0 aliphatic heterocycles. The molecule has 1 N–H and O–H groups in total. The molecular weight excluding hydrogens is 314 g/mol. The van der Waals surface area contributed by atoms with Crippen molar-refractivity contribution in [3.63, 3.8) is 0 Å². The molecule has 6 nitrogen and oxygen atoms in total. The lowest BCUT2D eigenvalue weighted by atomic mass is 10.1. The van der Waals surface area contributed by atoms with Gasteiger partial charge in [-0.3, -0.25) is 0 Å². The van der Waals surface area contributed by atoms with Crippen LogP contribution in [0, 0.1) is 0 Å². The highest BCUT2D eigenvalue weighted by Crippen LogP contribution is 2.27. The number of fused-ring (bicyclic) bond motifs is 1. The zero-order valence-corrected chi connectivity index (χ0v) is 12.4. The van der Waals surface area contributed by atoms with Crippen molar-refractivity contribution in [1.82, 2.24) is 15.2 Å². The van der Waals surface area contributed by atoms with E-state index in [9.17, 15) is 4.79 Å². The van der Waals surface area contributed by atoms with Crippen LogP contribution in [0.1, 0.15) is 10.4 Å². The average Bonchev–Trinajstić information content (AvgIpc) is 3.23. The first-order chi connectivity index (χ1) is 11.2. The van der Waals surface area contributed by atoms with Gasteiger partial charge in [0.25, 0.3) is 0 Å². The molecule has 0 aliphatic carbocycles. The lowest BCUT2D eigenvalue weighted by molar-refractivity contribution is 0.0697. The fourth-order valence-corrected chi connectivity index (χ4v) is 2.92. The minimum absolute atomic E-state index is 0.212. The Labute approximate surface area is 134 Å². The van der Waals surface area contributed by atoms with Gasteiger partial charge in [-0.2, -0.15) is 0 Å². The maximum atomic E-state index is 10.9. The molecule has 2 aromatic carbocycles. The highest BCUT2D eigenvalue weighted by atomic mass is 32.1. The maximum absolute atomic E-state index is 10.9. The Hall–Kier alpha value is -3.06. The number of aromatic nitrogens is 3. The SMILES string of the molecule is O=C(O)c1ccc(-c2nnc(-c3ccc4ncsc4c3)o2)cc1. The Kier molecular flexibility index (Phi) is 3.13. The van der Waals surface area contributed by atoms with Crippen LogP contribution in [0.5, 0.6) is 0 Å². The molecule has 23 heavy (non-hydrogen) atoms. The van der Waals surface area contributed by atoms with Crippen molar-refractivity contribution in [3.05, 3.63) is 53.5 Å². The number of carboxylic acid groups (broad SMARTS) is 1. The molecule has 0 aliphatic rings. The minimum atomic E-state index is -0.972. The summed E-state index contributed by atoms with van der Waals surface area (Å²) in [5, 5.41) is 17.0. The number of thiazole rings is 1. The third-order valence-corrected chi connectivity index (χ3v) is 4.17. The highest BCUT2D eigenvalue weighted by molar-refractivity contribution is 7.16. The molecule has 0 spiro atoms. The molecular formula is C16H9N3O3S. The fraction of sp³-hybridized carbons (Fsp3) is 0. The maximum Gasteiger partial charge on any atom is 0.335 e. The van der Waals surface area contributed by atoms with Gasteiger partial charge in [0.2, 0.25) is 11.8 Å². The predicted molar refractivity (Wildman–Crippen MR) is 85.3 cm³/mol. The summed E-state index contributed by atoms with van der Waals surface area (Å²) >= 11 is 1.55. The number of carboxylic acids is 1. The minimum Gasteiger partial charge on any atom is -0.478 e. The van der Waals surface area contributed by atoms with Crippen LogP contribution in [0.15, 0.2) is 52.4 Å². The van der Waals surface area contributed by atoms with Crippen molar-refractivity contribution in [2.24, 2.45) is 0 Å². The van der Waals surface area contributed by atoms with Crippen molar-refractivity contribution >= 4 is 27.5 Å². The molecule has 2 aromatic heterocycles. The van der Waals surface area contributed by atoms with Crippen molar-refractivity contribution in [3.8, 4) is 22.9 Å². The number of rotatable bonds is 3. The number of carbonyl (C=O) groups is 1. The van der Waals surface area contributed by atoms with Gasteiger partial charge in [0.05, 0.1) is 21.3 Å². The molecule has 7 heteroatoms. The van der Waals surface area contributed by atoms with E-state index in [4.69, 9.17) is 9.52 Å². The van der Waals surface area contributed by atoms with Crippen LogP contribution in [0.25, 0.3) is 33.1 Å². The number of nitrogens with zero attached hydrogens (tertiary/aromatic N) is 3. The van der Waals surface area contributed by atoms with Gasteiger partial charge in [-0.05, 0) is 42.5 Å². The zero-order chi connectivity index (χ0) is 15.8. The second-order valence-electron chi connectivity index (χ2n) is 4.83. The van der Waals surface area contributed by atoms with E-state index in [-0.39, 0.29) is 5.56 Å². The fourth-order valence-electron chi connectivity index (χ4n) is 2.20. The summed E-state index contributed by atoms with van der Waals surface area (Å²) in [5.41, 5.74) is 4.43. The topological polar surface area (TPSA) is 89.1 Å². The van der Waals surface area contributed by atoms with Gasteiger partial charge in [0, 0.05) is 11.1 Å². The van der Waals surface area contributed by atoms with Crippen molar-refractivity contribution in [1.29, 1.82) is 0 Å². The van der Waals surface area contributed by atoms with Gasteiger partial charge in [-0.1, -0.05) is 0 Å². The summed E-state index contributed by atoms with van der Waals surface area (Å²) in [5.74, 6) is -0.209. The quantitative estimate of drug-likeness (QED) is 0.618. The molecule has 0 amide bonds. The van der Waals surface area contributed by atoms with E-state index in [0.29, 0.717) is 17.3 Å². The zero-order valence-electron chi connectivity index (χ0n) is 11.6. The standard InChI is InChI=1S/C16H9N3O3S/c20-16(21)10-3-1-9(2-4-10)14-18-19-15(22-14)11-5-6-12-13(7-11)23-8-17-12/h1-8H,(H,20,21). The van der Waals surface area contributed by atoms with E-state index in [1.54, 1.807) is 29.0 Å². The Bertz CT molecular complexity index is 1000. The largest absolute Gasteiger partial charge is 0.478 e. The van der Waals surface area contributed by atoms with Gasteiger partial charge >= 0.3 is 5.97 Å². The van der Waals surface area contributed by atoms with E-state index < -0.39 is 5.97 Å². The monoisotopic (exact) mass is 323 g/mol. The normalized spacial score (nSPS) is 11.0. The van der Waals surface area contributed by atoms with Crippen LogP contribution in [0.2, 0.25) is 0 Å². The number of aromatic carboxylic acids is 1. The van der Waals surface area contributed by atoms with Gasteiger partial charge < -0.3 is 9.52 Å². The molecule has 0 unspecified atom stereocenters. The van der Waals surface area contributed by atoms with Crippen molar-refractivity contribution in [2.75, 3.05) is 0 Å². The predicted octanol–water partition coefficient (Wildman–Crippen LogP) is 3.71. The number of hydrogen-bond donors (Lipinski definition) is 1. The first-order valence-electron chi connectivity index (χ1n) is 6.71. The summed E-state index contributed by atoms with van der Waals surface area (Å²) in [6, 6.07) is 12.0. The number of hydrogen-bond acceptors (Lipinski definition) is 6. The third-order valence-electron chi connectivity index (χ3n) is 3.38. The summed E-state index contributed by atoms with van der Waals surface area (Å²) in [7, 11) is 0. The summed E-state index contributed by atoms with van der Waals surface area (Å²) in [4.78, 5) is 15.1. The third kappa shape index (κ3) is 2.47. The summed E-state index contributed by atoms with van der Waals surface area (Å²) in [6.45, 7) is 0. The van der Waals surface area contributed by atoms with Gasteiger partial charge in [0.1, 0.15) is 0 Å². The van der Waals surface area contributed by atoms with E-state index in [1.165, 1.54) is 12.1 Å². The highest BCUT2D eigenvalue weighted by Gasteiger charge is 2.12. The van der Waals surface area contributed by atoms with E-state index in [0.717, 1.165) is 15.8 Å². The van der Waals surface area contributed by atoms with Crippen molar-refractivity contribution in [2.45, 2.75) is 0 Å². The molecule has 2 heterocycles. The molecule has 112 valence electrons. The Morgan fingerprint density at radius 3 is 2.43 bits per heavy atom. The molecule has 0 saturated carbocycles. The first-order valence-corrected chi connectivity index (χ1v) is 7.59. The van der Waals surface area contributed by atoms with Gasteiger partial charge in [-0.15, -0.1) is 21.5 Å². The second-order valence-corrected chi connectivity index (χ2v) is 5.72. The summed E-state index contributed by atoms with van der Waals surface area (Å²) < 4.78 is 6.75.